The third-order valence-corrected chi connectivity index (χ3v) is 8.65. The molecule has 0 bridgehead atoms. The summed E-state index contributed by atoms with van der Waals surface area (Å²) in [5, 5.41) is 2.42. The molecule has 0 aliphatic carbocycles. The largest absolute Gasteiger partial charge is 0.299 e. The lowest BCUT2D eigenvalue weighted by Gasteiger charge is -2.36. The Balaban J connectivity index is 1.38. The highest BCUT2D eigenvalue weighted by molar-refractivity contribution is 7.98. The number of piperidine rings is 2. The van der Waals surface area contributed by atoms with Crippen LogP contribution in [-0.2, 0) is 28.4 Å². The molecule has 2 heterocycles. The summed E-state index contributed by atoms with van der Waals surface area (Å²) in [6.07, 6.45) is 4.22. The highest BCUT2D eigenvalue weighted by Gasteiger charge is 2.30. The van der Waals surface area contributed by atoms with Crippen molar-refractivity contribution in [3.8, 4) is 0 Å². The van der Waals surface area contributed by atoms with Crippen LogP contribution >= 0.6 is 11.8 Å². The number of carbonyl (C=O) groups excluding carboxylic acids is 3. The zero-order valence-electron chi connectivity index (χ0n) is 21.6. The highest BCUT2D eigenvalue weighted by Crippen LogP contribution is 2.32. The molecule has 1 N–H and O–H groups in total. The average molecular weight is 508 g/mol. The van der Waals surface area contributed by atoms with Crippen LogP contribution in [0.1, 0.15) is 66.6 Å². The minimum atomic E-state index is -0.376. The Morgan fingerprint density at radius 1 is 1.08 bits per heavy atom. The van der Waals surface area contributed by atoms with E-state index in [2.05, 4.69) is 48.3 Å². The molecule has 2 aliphatic heterocycles. The van der Waals surface area contributed by atoms with Gasteiger partial charge in [0.1, 0.15) is 6.29 Å². The fraction of sp³-hybridized carbons (Fsp3) is 0.483. The van der Waals surface area contributed by atoms with Crippen LogP contribution in [0.4, 0.5) is 0 Å². The quantitative estimate of drug-likeness (QED) is 0.303. The average Bonchev–Trinajstić information content (AvgIpc) is 2.85. The molecule has 0 radical (unpaired) electrons. The van der Waals surface area contributed by atoms with E-state index < -0.39 is 0 Å². The minimum Gasteiger partial charge on any atom is -0.299 e. The first-order valence-electron chi connectivity index (χ1n) is 12.8. The van der Waals surface area contributed by atoms with Crippen LogP contribution in [0.25, 0.3) is 0 Å². The fourth-order valence-corrected chi connectivity index (χ4v) is 5.98. The molecule has 4 rings (SSSR count). The van der Waals surface area contributed by atoms with Crippen molar-refractivity contribution in [2.45, 2.75) is 69.3 Å². The normalized spacial score (nSPS) is 20.4. The molecule has 2 amide bonds. The van der Waals surface area contributed by atoms with Crippen LogP contribution in [0.2, 0.25) is 0 Å². The Morgan fingerprint density at radius 3 is 2.44 bits per heavy atom. The molecular formula is C29H37N3O3S. The number of aldehydes is 1. The maximum absolute atomic E-state index is 12.3. The number of benzene rings is 2. The van der Waals surface area contributed by atoms with E-state index in [0.717, 1.165) is 42.1 Å². The fourth-order valence-electron chi connectivity index (χ4n) is 4.94. The van der Waals surface area contributed by atoms with Crippen LogP contribution in [0.15, 0.2) is 47.4 Å². The third-order valence-electron chi connectivity index (χ3n) is 7.48. The molecule has 0 saturated carbocycles. The number of nitrogens with one attached hydrogen (secondary N) is 1. The summed E-state index contributed by atoms with van der Waals surface area (Å²) in [5.41, 5.74) is 4.62. The monoisotopic (exact) mass is 507 g/mol. The molecule has 36 heavy (non-hydrogen) atoms. The second kappa shape index (κ2) is 11.7. The number of carbonyl (C=O) groups is 3. The van der Waals surface area contributed by atoms with Crippen molar-refractivity contribution < 1.29 is 14.4 Å². The molecule has 7 heteroatoms. The molecule has 1 atom stereocenters. The van der Waals surface area contributed by atoms with Crippen LogP contribution in [0.5, 0.6) is 0 Å². The Hall–Kier alpha value is -2.48. The van der Waals surface area contributed by atoms with E-state index in [9.17, 15) is 14.4 Å². The molecule has 0 aromatic heterocycles. The smallest absolute Gasteiger partial charge is 0.243 e. The maximum Gasteiger partial charge on any atom is 0.243 e. The van der Waals surface area contributed by atoms with Gasteiger partial charge in [-0.05, 0) is 67.6 Å². The summed E-state index contributed by atoms with van der Waals surface area (Å²) in [5.74, 6) is 0.315. The summed E-state index contributed by atoms with van der Waals surface area (Å²) in [6, 6.07) is 14.3. The lowest BCUT2D eigenvalue weighted by molar-refractivity contribution is -0.137. The lowest BCUT2D eigenvalue weighted by Crippen LogP contribution is -2.51. The van der Waals surface area contributed by atoms with Crippen LogP contribution < -0.4 is 5.32 Å². The summed E-state index contributed by atoms with van der Waals surface area (Å²) in [6.45, 7) is 8.51. The summed E-state index contributed by atoms with van der Waals surface area (Å²) >= 11 is 1.71. The Kier molecular flexibility index (Phi) is 8.65. The molecule has 2 aliphatic rings. The molecule has 0 spiro atoms. The molecular weight excluding hydrogens is 470 g/mol. The van der Waals surface area contributed by atoms with Gasteiger partial charge in [0, 0.05) is 35.7 Å². The number of imide groups is 1. The van der Waals surface area contributed by atoms with Crippen molar-refractivity contribution in [3.05, 3.63) is 64.7 Å². The van der Waals surface area contributed by atoms with E-state index in [1.807, 2.05) is 30.1 Å². The Labute approximate surface area is 218 Å². The number of rotatable bonds is 9. The van der Waals surface area contributed by atoms with E-state index in [-0.39, 0.29) is 17.9 Å². The van der Waals surface area contributed by atoms with E-state index in [1.54, 1.807) is 11.8 Å². The van der Waals surface area contributed by atoms with E-state index in [0.29, 0.717) is 30.4 Å². The number of likely N-dealkylation sites (N-methyl/N-ethyl adjacent to an activating group) is 1. The van der Waals surface area contributed by atoms with Crippen molar-refractivity contribution in [3.63, 3.8) is 0 Å². The number of hydrogen-bond acceptors (Lipinski definition) is 6. The molecule has 1 unspecified atom stereocenters. The van der Waals surface area contributed by atoms with Gasteiger partial charge in [-0.15, -0.1) is 11.8 Å². The Morgan fingerprint density at radius 2 is 1.78 bits per heavy atom. The zero-order valence-corrected chi connectivity index (χ0v) is 22.4. The van der Waals surface area contributed by atoms with Crippen molar-refractivity contribution in [2.75, 3.05) is 20.1 Å². The standard InChI is InChI=1S/C29H37N3O3S/c1-29(2)13-15-32(16-14-29)17-21-7-9-22(10-8-21)20-36-26-6-4-5-23(19-33)24(26)18-31(3)25-11-12-27(34)30-28(25)35/h4-10,19,25H,11-18,20H2,1-3H3,(H,30,34,35). The number of thioether (sulfide) groups is 1. The second-order valence-electron chi connectivity index (χ2n) is 10.9. The van der Waals surface area contributed by atoms with Crippen molar-refractivity contribution in [1.82, 2.24) is 15.1 Å². The van der Waals surface area contributed by atoms with Gasteiger partial charge >= 0.3 is 0 Å². The molecule has 6 nitrogen and oxygen atoms in total. The van der Waals surface area contributed by atoms with Gasteiger partial charge in [-0.25, -0.2) is 0 Å². The van der Waals surface area contributed by atoms with Gasteiger partial charge in [0.05, 0.1) is 6.04 Å². The van der Waals surface area contributed by atoms with Crippen LogP contribution in [0, 0.1) is 5.41 Å². The first-order valence-corrected chi connectivity index (χ1v) is 13.8. The first-order chi connectivity index (χ1) is 17.2. The maximum atomic E-state index is 12.3. The molecule has 2 fully saturated rings. The lowest BCUT2D eigenvalue weighted by atomic mass is 9.82. The number of likely N-dealkylation sites (tertiary alicyclic amines) is 1. The molecule has 192 valence electrons. The predicted molar refractivity (Wildman–Crippen MR) is 144 cm³/mol. The topological polar surface area (TPSA) is 69.7 Å². The van der Waals surface area contributed by atoms with Gasteiger partial charge in [-0.1, -0.05) is 50.2 Å². The Bertz CT molecular complexity index is 1090. The van der Waals surface area contributed by atoms with Crippen LogP contribution in [0.3, 0.4) is 0 Å². The van der Waals surface area contributed by atoms with Gasteiger partial charge < -0.3 is 0 Å². The summed E-state index contributed by atoms with van der Waals surface area (Å²) in [7, 11) is 1.87. The SMILES string of the molecule is CN(Cc1c(C=O)cccc1SCc1ccc(CN2CCC(C)(C)CC2)cc1)C1CCC(=O)NC1=O. The van der Waals surface area contributed by atoms with Gasteiger partial charge in [0.15, 0.2) is 0 Å². The third kappa shape index (κ3) is 6.84. The van der Waals surface area contributed by atoms with Crippen molar-refractivity contribution >= 4 is 29.9 Å². The summed E-state index contributed by atoms with van der Waals surface area (Å²) in [4.78, 5) is 41.2. The van der Waals surface area contributed by atoms with E-state index in [1.165, 1.54) is 24.0 Å². The summed E-state index contributed by atoms with van der Waals surface area (Å²) < 4.78 is 0. The second-order valence-corrected chi connectivity index (χ2v) is 11.9. The van der Waals surface area contributed by atoms with E-state index in [4.69, 9.17) is 0 Å². The van der Waals surface area contributed by atoms with Crippen LogP contribution in [-0.4, -0.2) is 54.1 Å². The molecule has 2 aromatic rings. The highest BCUT2D eigenvalue weighted by atomic mass is 32.2. The van der Waals surface area contributed by atoms with Gasteiger partial charge in [-0.2, -0.15) is 0 Å². The van der Waals surface area contributed by atoms with Gasteiger partial charge in [-0.3, -0.25) is 29.5 Å². The van der Waals surface area contributed by atoms with Crippen molar-refractivity contribution in [1.29, 1.82) is 0 Å². The number of amides is 2. The molecule has 2 aromatic carbocycles. The van der Waals surface area contributed by atoms with E-state index >= 15 is 0 Å². The number of hydrogen-bond donors (Lipinski definition) is 1. The first kappa shape index (κ1) is 26.6. The number of nitrogens with zero attached hydrogens (tertiary/aromatic N) is 2. The molecule has 2 saturated heterocycles. The van der Waals surface area contributed by atoms with Gasteiger partial charge in [0.25, 0.3) is 0 Å². The predicted octanol–water partition coefficient (Wildman–Crippen LogP) is 4.65. The minimum absolute atomic E-state index is 0.222. The van der Waals surface area contributed by atoms with Crippen molar-refractivity contribution in [2.24, 2.45) is 5.41 Å². The van der Waals surface area contributed by atoms with Gasteiger partial charge in [0.2, 0.25) is 11.8 Å². The zero-order chi connectivity index (χ0) is 25.7.